The Morgan fingerprint density at radius 2 is 2.17 bits per heavy atom. The predicted molar refractivity (Wildman–Crippen MR) is 76.7 cm³/mol. The first kappa shape index (κ1) is 13.6. The van der Waals surface area contributed by atoms with Gasteiger partial charge in [-0.05, 0) is 50.6 Å². The van der Waals surface area contributed by atoms with E-state index in [4.69, 9.17) is 0 Å². The highest BCUT2D eigenvalue weighted by molar-refractivity contribution is 9.10. The Hall–Kier alpha value is -0.870. The van der Waals surface area contributed by atoms with Gasteiger partial charge in [-0.15, -0.1) is 0 Å². The molecule has 1 fully saturated rings. The Morgan fingerprint density at radius 1 is 1.44 bits per heavy atom. The van der Waals surface area contributed by atoms with Crippen molar-refractivity contribution < 1.29 is 4.79 Å². The maximum Gasteiger partial charge on any atom is 0.254 e. The molecule has 1 heterocycles. The summed E-state index contributed by atoms with van der Waals surface area (Å²) in [6.07, 6.45) is 2.25. The summed E-state index contributed by atoms with van der Waals surface area (Å²) in [6.45, 7) is 4.79. The van der Waals surface area contributed by atoms with Crippen molar-refractivity contribution in [2.75, 3.05) is 19.6 Å². The van der Waals surface area contributed by atoms with E-state index in [9.17, 15) is 4.79 Å². The summed E-state index contributed by atoms with van der Waals surface area (Å²) in [4.78, 5) is 14.5. The molecule has 18 heavy (non-hydrogen) atoms. The number of hydrogen-bond donors (Lipinski definition) is 1. The fourth-order valence-electron chi connectivity index (χ4n) is 2.43. The predicted octanol–water partition coefficient (Wildman–Crippen LogP) is 2.66. The molecule has 1 amide bonds. The van der Waals surface area contributed by atoms with Crippen molar-refractivity contribution in [3.8, 4) is 0 Å². The van der Waals surface area contributed by atoms with Gasteiger partial charge in [0.15, 0.2) is 0 Å². The molecule has 1 aromatic rings. The van der Waals surface area contributed by atoms with E-state index in [0.717, 1.165) is 42.5 Å². The second-order valence-electron chi connectivity index (χ2n) is 4.60. The van der Waals surface area contributed by atoms with Crippen LogP contribution in [0.25, 0.3) is 0 Å². The molecular formula is C14H19BrN2O. The zero-order valence-electron chi connectivity index (χ0n) is 10.7. The summed E-state index contributed by atoms with van der Waals surface area (Å²) >= 11 is 3.39. The van der Waals surface area contributed by atoms with Crippen molar-refractivity contribution in [2.45, 2.75) is 25.8 Å². The standard InChI is InChI=1S/C14H19BrN2O/c1-2-17(13-4-3-9-16-10-13)14(18)11-5-7-12(15)8-6-11/h5-8,13,16H,2-4,9-10H2,1H3. The molecule has 0 radical (unpaired) electrons. The molecule has 0 saturated carbocycles. The molecule has 1 unspecified atom stereocenters. The highest BCUT2D eigenvalue weighted by Crippen LogP contribution is 2.16. The molecule has 1 aliphatic heterocycles. The number of nitrogens with zero attached hydrogens (tertiary/aromatic N) is 1. The van der Waals surface area contributed by atoms with Crippen molar-refractivity contribution in [1.82, 2.24) is 10.2 Å². The zero-order chi connectivity index (χ0) is 13.0. The minimum Gasteiger partial charge on any atom is -0.335 e. The van der Waals surface area contributed by atoms with Crippen LogP contribution in [-0.4, -0.2) is 36.5 Å². The number of amides is 1. The van der Waals surface area contributed by atoms with Crippen LogP contribution >= 0.6 is 15.9 Å². The summed E-state index contributed by atoms with van der Waals surface area (Å²) in [5.74, 6) is 0.138. The third kappa shape index (κ3) is 3.12. The van der Waals surface area contributed by atoms with Crippen LogP contribution in [0.5, 0.6) is 0 Å². The van der Waals surface area contributed by atoms with Crippen molar-refractivity contribution in [3.63, 3.8) is 0 Å². The van der Waals surface area contributed by atoms with Gasteiger partial charge in [-0.25, -0.2) is 0 Å². The summed E-state index contributed by atoms with van der Waals surface area (Å²) in [5.41, 5.74) is 0.769. The Balaban J connectivity index is 2.11. The van der Waals surface area contributed by atoms with Crippen LogP contribution in [0.15, 0.2) is 28.7 Å². The molecule has 1 aliphatic rings. The highest BCUT2D eigenvalue weighted by Gasteiger charge is 2.24. The van der Waals surface area contributed by atoms with E-state index in [0.29, 0.717) is 6.04 Å². The number of likely N-dealkylation sites (N-methyl/N-ethyl adjacent to an activating group) is 1. The smallest absolute Gasteiger partial charge is 0.254 e. The van der Waals surface area contributed by atoms with E-state index in [2.05, 4.69) is 21.2 Å². The fourth-order valence-corrected chi connectivity index (χ4v) is 2.69. The summed E-state index contributed by atoms with van der Waals surface area (Å²) in [7, 11) is 0. The number of hydrogen-bond acceptors (Lipinski definition) is 2. The highest BCUT2D eigenvalue weighted by atomic mass is 79.9. The summed E-state index contributed by atoms with van der Waals surface area (Å²) < 4.78 is 1.00. The Morgan fingerprint density at radius 3 is 2.72 bits per heavy atom. The van der Waals surface area contributed by atoms with Crippen molar-refractivity contribution in [1.29, 1.82) is 0 Å². The van der Waals surface area contributed by atoms with Crippen LogP contribution in [0.1, 0.15) is 30.1 Å². The summed E-state index contributed by atoms with van der Waals surface area (Å²) in [5, 5.41) is 3.36. The number of rotatable bonds is 3. The SMILES string of the molecule is CCN(C(=O)c1ccc(Br)cc1)C1CCCNC1. The van der Waals surface area contributed by atoms with E-state index in [1.165, 1.54) is 0 Å². The van der Waals surface area contributed by atoms with Gasteiger partial charge >= 0.3 is 0 Å². The van der Waals surface area contributed by atoms with Crippen LogP contribution in [0.2, 0.25) is 0 Å². The average Bonchev–Trinajstić information content (AvgIpc) is 2.41. The second kappa shape index (κ2) is 6.34. The van der Waals surface area contributed by atoms with Gasteiger partial charge in [0.25, 0.3) is 5.91 Å². The van der Waals surface area contributed by atoms with E-state index in [1.54, 1.807) is 0 Å². The van der Waals surface area contributed by atoms with Gasteiger partial charge in [-0.2, -0.15) is 0 Å². The lowest BCUT2D eigenvalue weighted by Gasteiger charge is -2.34. The molecular weight excluding hydrogens is 292 g/mol. The van der Waals surface area contributed by atoms with E-state index in [-0.39, 0.29) is 5.91 Å². The van der Waals surface area contributed by atoms with Gasteiger partial charge in [0, 0.05) is 29.2 Å². The lowest BCUT2D eigenvalue weighted by atomic mass is 10.0. The van der Waals surface area contributed by atoms with Gasteiger partial charge in [0.1, 0.15) is 0 Å². The molecule has 4 heteroatoms. The number of benzene rings is 1. The number of carbonyl (C=O) groups excluding carboxylic acids is 1. The maximum atomic E-state index is 12.5. The first-order chi connectivity index (χ1) is 8.72. The van der Waals surface area contributed by atoms with Crippen LogP contribution in [0, 0.1) is 0 Å². The van der Waals surface area contributed by atoms with Gasteiger partial charge in [0.05, 0.1) is 0 Å². The van der Waals surface area contributed by atoms with Gasteiger partial charge in [-0.1, -0.05) is 15.9 Å². The van der Waals surface area contributed by atoms with Gasteiger partial charge < -0.3 is 10.2 Å². The molecule has 2 rings (SSSR count). The molecule has 3 nitrogen and oxygen atoms in total. The third-order valence-corrected chi connectivity index (χ3v) is 3.93. The van der Waals surface area contributed by atoms with Crippen LogP contribution < -0.4 is 5.32 Å². The van der Waals surface area contributed by atoms with Crippen LogP contribution in [0.3, 0.4) is 0 Å². The first-order valence-corrected chi connectivity index (χ1v) is 7.29. The molecule has 1 N–H and O–H groups in total. The molecule has 0 aromatic heterocycles. The Kier molecular flexibility index (Phi) is 4.78. The van der Waals surface area contributed by atoms with Crippen molar-refractivity contribution in [2.24, 2.45) is 0 Å². The van der Waals surface area contributed by atoms with Crippen molar-refractivity contribution in [3.05, 3.63) is 34.3 Å². The molecule has 98 valence electrons. The summed E-state index contributed by atoms with van der Waals surface area (Å²) in [6, 6.07) is 7.93. The number of halogens is 1. The minimum absolute atomic E-state index is 0.138. The molecule has 1 atom stereocenters. The Bertz CT molecular complexity index is 399. The molecule has 1 aromatic carbocycles. The molecule has 0 spiro atoms. The average molecular weight is 311 g/mol. The lowest BCUT2D eigenvalue weighted by molar-refractivity contribution is 0.0662. The zero-order valence-corrected chi connectivity index (χ0v) is 12.2. The van der Waals surface area contributed by atoms with Crippen LogP contribution in [0.4, 0.5) is 0 Å². The molecule has 0 bridgehead atoms. The number of piperidine rings is 1. The normalized spacial score (nSPS) is 19.6. The third-order valence-electron chi connectivity index (χ3n) is 3.40. The minimum atomic E-state index is 0.138. The maximum absolute atomic E-state index is 12.5. The fraction of sp³-hybridized carbons (Fsp3) is 0.500. The Labute approximate surface area is 117 Å². The van der Waals surface area contributed by atoms with E-state index < -0.39 is 0 Å². The largest absolute Gasteiger partial charge is 0.335 e. The monoisotopic (exact) mass is 310 g/mol. The van der Waals surface area contributed by atoms with Gasteiger partial charge in [-0.3, -0.25) is 4.79 Å². The molecule has 1 saturated heterocycles. The van der Waals surface area contributed by atoms with Crippen LogP contribution in [-0.2, 0) is 0 Å². The number of nitrogens with one attached hydrogen (secondary N) is 1. The quantitative estimate of drug-likeness (QED) is 0.931. The van der Waals surface area contributed by atoms with Crippen molar-refractivity contribution >= 4 is 21.8 Å². The van der Waals surface area contributed by atoms with E-state index in [1.807, 2.05) is 36.1 Å². The topological polar surface area (TPSA) is 32.3 Å². The first-order valence-electron chi connectivity index (χ1n) is 6.49. The molecule has 0 aliphatic carbocycles. The van der Waals surface area contributed by atoms with Gasteiger partial charge in [0.2, 0.25) is 0 Å². The number of carbonyl (C=O) groups is 1. The second-order valence-corrected chi connectivity index (χ2v) is 5.51. The lowest BCUT2D eigenvalue weighted by Crippen LogP contribution is -2.48. The van der Waals surface area contributed by atoms with E-state index >= 15 is 0 Å².